The smallest absolute Gasteiger partial charge is 0.0223 e. The van der Waals surface area contributed by atoms with Gasteiger partial charge < -0.3 is 11.1 Å². The molecular formula is C12H27N3. The quantitative estimate of drug-likeness (QED) is 0.689. The van der Waals surface area contributed by atoms with Crippen molar-refractivity contribution < 1.29 is 0 Å². The Bertz CT molecular complexity index is 170. The highest BCUT2D eigenvalue weighted by molar-refractivity contribution is 4.87. The molecule has 1 aliphatic heterocycles. The Hall–Kier alpha value is -0.120. The predicted molar refractivity (Wildman–Crippen MR) is 65.9 cm³/mol. The van der Waals surface area contributed by atoms with Crippen molar-refractivity contribution >= 4 is 0 Å². The van der Waals surface area contributed by atoms with E-state index in [0.717, 1.165) is 37.4 Å². The van der Waals surface area contributed by atoms with Gasteiger partial charge >= 0.3 is 0 Å². The van der Waals surface area contributed by atoms with Gasteiger partial charge in [-0.15, -0.1) is 0 Å². The molecule has 3 heteroatoms. The van der Waals surface area contributed by atoms with Crippen molar-refractivity contribution in [2.24, 2.45) is 17.6 Å². The van der Waals surface area contributed by atoms with Crippen LogP contribution in [0.4, 0.5) is 0 Å². The first-order chi connectivity index (χ1) is 7.19. The Morgan fingerprint density at radius 1 is 1.47 bits per heavy atom. The molecule has 15 heavy (non-hydrogen) atoms. The molecule has 3 N–H and O–H groups in total. The molecule has 0 aromatic carbocycles. The fourth-order valence-corrected chi connectivity index (χ4v) is 2.52. The zero-order valence-electron chi connectivity index (χ0n) is 10.5. The van der Waals surface area contributed by atoms with Crippen molar-refractivity contribution in [2.45, 2.75) is 32.7 Å². The molecule has 0 spiro atoms. The van der Waals surface area contributed by atoms with E-state index in [1.54, 1.807) is 0 Å². The zero-order chi connectivity index (χ0) is 11.3. The van der Waals surface area contributed by atoms with Crippen molar-refractivity contribution in [3.63, 3.8) is 0 Å². The van der Waals surface area contributed by atoms with Crippen molar-refractivity contribution in [1.82, 2.24) is 10.2 Å². The van der Waals surface area contributed by atoms with E-state index >= 15 is 0 Å². The Kier molecular flexibility index (Phi) is 5.58. The molecule has 0 saturated carbocycles. The van der Waals surface area contributed by atoms with Gasteiger partial charge in [0.25, 0.3) is 0 Å². The van der Waals surface area contributed by atoms with E-state index < -0.39 is 0 Å². The van der Waals surface area contributed by atoms with Crippen LogP contribution in [0.5, 0.6) is 0 Å². The van der Waals surface area contributed by atoms with Gasteiger partial charge in [0.15, 0.2) is 0 Å². The van der Waals surface area contributed by atoms with E-state index in [9.17, 15) is 0 Å². The minimum absolute atomic E-state index is 0.731. The van der Waals surface area contributed by atoms with Crippen LogP contribution in [0.25, 0.3) is 0 Å². The lowest BCUT2D eigenvalue weighted by molar-refractivity contribution is 0.242. The molecule has 1 aliphatic rings. The summed E-state index contributed by atoms with van der Waals surface area (Å²) in [6.45, 7) is 9.06. The average Bonchev–Trinajstić information content (AvgIpc) is 2.59. The van der Waals surface area contributed by atoms with Crippen molar-refractivity contribution in [3.05, 3.63) is 0 Å². The van der Waals surface area contributed by atoms with Crippen LogP contribution in [-0.4, -0.2) is 44.2 Å². The Morgan fingerprint density at radius 3 is 2.73 bits per heavy atom. The van der Waals surface area contributed by atoms with Crippen LogP contribution >= 0.6 is 0 Å². The molecule has 0 aliphatic carbocycles. The molecule has 2 unspecified atom stereocenters. The molecule has 0 bridgehead atoms. The number of hydrogen-bond acceptors (Lipinski definition) is 3. The minimum atomic E-state index is 0.731. The normalized spacial score (nSPS) is 27.8. The Morgan fingerprint density at radius 2 is 2.20 bits per heavy atom. The van der Waals surface area contributed by atoms with Crippen LogP contribution in [0.3, 0.4) is 0 Å². The van der Waals surface area contributed by atoms with E-state index in [2.05, 4.69) is 24.1 Å². The van der Waals surface area contributed by atoms with E-state index in [1.807, 2.05) is 7.05 Å². The maximum atomic E-state index is 5.58. The summed E-state index contributed by atoms with van der Waals surface area (Å²) in [5.74, 6) is 1.69. The molecule has 3 nitrogen and oxygen atoms in total. The SMILES string of the molecule is CNCC1CC(C(C)C)CN1CCCN. The second kappa shape index (κ2) is 6.46. The summed E-state index contributed by atoms with van der Waals surface area (Å²) in [5, 5.41) is 3.30. The molecule has 0 amide bonds. The summed E-state index contributed by atoms with van der Waals surface area (Å²) in [7, 11) is 2.05. The lowest BCUT2D eigenvalue weighted by Crippen LogP contribution is -2.37. The van der Waals surface area contributed by atoms with Crippen molar-refractivity contribution in [3.8, 4) is 0 Å². The maximum absolute atomic E-state index is 5.58. The van der Waals surface area contributed by atoms with Crippen LogP contribution in [0, 0.1) is 11.8 Å². The first-order valence-electron chi connectivity index (χ1n) is 6.27. The fourth-order valence-electron chi connectivity index (χ4n) is 2.52. The number of likely N-dealkylation sites (tertiary alicyclic amines) is 1. The lowest BCUT2D eigenvalue weighted by atomic mass is 9.93. The number of nitrogens with zero attached hydrogens (tertiary/aromatic N) is 1. The van der Waals surface area contributed by atoms with Gasteiger partial charge in [0, 0.05) is 19.1 Å². The summed E-state index contributed by atoms with van der Waals surface area (Å²) in [6, 6.07) is 0.731. The summed E-state index contributed by atoms with van der Waals surface area (Å²) >= 11 is 0. The molecule has 1 rings (SSSR count). The molecule has 0 radical (unpaired) electrons. The van der Waals surface area contributed by atoms with Crippen molar-refractivity contribution in [1.29, 1.82) is 0 Å². The third-order valence-corrected chi connectivity index (χ3v) is 3.59. The first-order valence-corrected chi connectivity index (χ1v) is 6.27. The third-order valence-electron chi connectivity index (χ3n) is 3.59. The minimum Gasteiger partial charge on any atom is -0.330 e. The summed E-state index contributed by atoms with van der Waals surface area (Å²) in [4.78, 5) is 2.62. The molecule has 90 valence electrons. The van der Waals surface area contributed by atoms with Gasteiger partial charge in [-0.1, -0.05) is 13.8 Å². The molecule has 0 aromatic heterocycles. The topological polar surface area (TPSA) is 41.3 Å². The van der Waals surface area contributed by atoms with E-state index in [4.69, 9.17) is 5.73 Å². The highest BCUT2D eigenvalue weighted by atomic mass is 15.2. The van der Waals surface area contributed by atoms with Gasteiger partial charge in [-0.2, -0.15) is 0 Å². The molecule has 1 heterocycles. The van der Waals surface area contributed by atoms with E-state index in [1.165, 1.54) is 19.5 Å². The van der Waals surface area contributed by atoms with Gasteiger partial charge in [-0.25, -0.2) is 0 Å². The summed E-state index contributed by atoms with van der Waals surface area (Å²) < 4.78 is 0. The monoisotopic (exact) mass is 213 g/mol. The number of rotatable bonds is 6. The van der Waals surface area contributed by atoms with E-state index in [0.29, 0.717) is 0 Å². The molecular weight excluding hydrogens is 186 g/mol. The average molecular weight is 213 g/mol. The standard InChI is InChI=1S/C12H27N3/c1-10(2)11-7-12(8-14-3)15(9-11)6-4-5-13/h10-12,14H,4-9,13H2,1-3H3. The van der Waals surface area contributed by atoms with Crippen LogP contribution < -0.4 is 11.1 Å². The summed E-state index contributed by atoms with van der Waals surface area (Å²) in [6.07, 6.45) is 2.48. The molecule has 0 aromatic rings. The maximum Gasteiger partial charge on any atom is 0.0223 e. The molecule has 1 saturated heterocycles. The predicted octanol–water partition coefficient (Wildman–Crippen LogP) is 0.901. The molecule has 2 atom stereocenters. The van der Waals surface area contributed by atoms with Gasteiger partial charge in [0.05, 0.1) is 0 Å². The Balaban J connectivity index is 2.43. The second-order valence-electron chi connectivity index (χ2n) is 5.09. The third kappa shape index (κ3) is 3.74. The largest absolute Gasteiger partial charge is 0.330 e. The highest BCUT2D eigenvalue weighted by Crippen LogP contribution is 2.28. The first kappa shape index (κ1) is 12.9. The number of likely N-dealkylation sites (N-methyl/N-ethyl adjacent to an activating group) is 1. The summed E-state index contributed by atoms with van der Waals surface area (Å²) in [5.41, 5.74) is 5.58. The van der Waals surface area contributed by atoms with Gasteiger partial charge in [-0.3, -0.25) is 4.90 Å². The molecule has 1 fully saturated rings. The fraction of sp³-hybridized carbons (Fsp3) is 1.00. The van der Waals surface area contributed by atoms with Crippen LogP contribution in [0.15, 0.2) is 0 Å². The van der Waals surface area contributed by atoms with Gasteiger partial charge in [0.2, 0.25) is 0 Å². The highest BCUT2D eigenvalue weighted by Gasteiger charge is 2.32. The number of nitrogens with two attached hydrogens (primary N) is 1. The van der Waals surface area contributed by atoms with E-state index in [-0.39, 0.29) is 0 Å². The second-order valence-corrected chi connectivity index (χ2v) is 5.09. The van der Waals surface area contributed by atoms with Gasteiger partial charge in [-0.05, 0) is 44.8 Å². The number of nitrogens with one attached hydrogen (secondary N) is 1. The van der Waals surface area contributed by atoms with Gasteiger partial charge in [0.1, 0.15) is 0 Å². The van der Waals surface area contributed by atoms with Crippen LogP contribution in [-0.2, 0) is 0 Å². The number of hydrogen-bond donors (Lipinski definition) is 2. The lowest BCUT2D eigenvalue weighted by Gasteiger charge is -2.23. The Labute approximate surface area is 94.4 Å². The van der Waals surface area contributed by atoms with Crippen LogP contribution in [0.2, 0.25) is 0 Å². The zero-order valence-corrected chi connectivity index (χ0v) is 10.5. The van der Waals surface area contributed by atoms with Crippen molar-refractivity contribution in [2.75, 3.05) is 33.2 Å². The van der Waals surface area contributed by atoms with Crippen LogP contribution in [0.1, 0.15) is 26.7 Å².